The minimum absolute atomic E-state index is 0.216. The Hall–Kier alpha value is -1.27. The number of hydrogen-bond donors (Lipinski definition) is 1. The highest BCUT2D eigenvalue weighted by atomic mass is 35.5. The average Bonchev–Trinajstić information content (AvgIpc) is 2.59. The summed E-state index contributed by atoms with van der Waals surface area (Å²) in [4.78, 5) is 15.4. The molecule has 5 nitrogen and oxygen atoms in total. The summed E-state index contributed by atoms with van der Waals surface area (Å²) in [5.41, 5.74) is -0.216. The third kappa shape index (κ3) is 2.28. The molecule has 84 valence electrons. The van der Waals surface area contributed by atoms with Crippen molar-refractivity contribution < 1.29 is 0 Å². The Balaban J connectivity index is 2.30. The molecule has 1 N–H and O–H groups in total. The fraction of sp³-hybridized carbons (Fsp3) is 0.222. The van der Waals surface area contributed by atoms with Gasteiger partial charge in [0, 0.05) is 6.54 Å². The highest BCUT2D eigenvalue weighted by Gasteiger charge is 2.09. The fourth-order valence-corrected chi connectivity index (χ4v) is 2.31. The molecule has 0 spiro atoms. The van der Waals surface area contributed by atoms with Crippen molar-refractivity contribution in [2.24, 2.45) is 0 Å². The van der Waals surface area contributed by atoms with Gasteiger partial charge in [-0.3, -0.25) is 4.57 Å². The zero-order valence-electron chi connectivity index (χ0n) is 8.48. The molecule has 2 rings (SSSR count). The van der Waals surface area contributed by atoms with Gasteiger partial charge in [0.25, 0.3) is 0 Å². The van der Waals surface area contributed by atoms with E-state index in [1.165, 1.54) is 16.3 Å². The van der Waals surface area contributed by atoms with Gasteiger partial charge in [0.1, 0.15) is 10.2 Å². The molecule has 0 aromatic carbocycles. The minimum atomic E-state index is -0.216. The summed E-state index contributed by atoms with van der Waals surface area (Å²) in [6.45, 7) is 2.45. The van der Waals surface area contributed by atoms with Gasteiger partial charge in [0.15, 0.2) is 5.16 Å². The van der Waals surface area contributed by atoms with Crippen molar-refractivity contribution in [3.63, 3.8) is 0 Å². The van der Waals surface area contributed by atoms with Crippen molar-refractivity contribution >= 4 is 23.4 Å². The Labute approximate surface area is 101 Å². The van der Waals surface area contributed by atoms with Crippen molar-refractivity contribution in [1.82, 2.24) is 19.7 Å². The highest BCUT2D eigenvalue weighted by Crippen LogP contribution is 2.23. The number of nitrogens with zero attached hydrogens (tertiary/aromatic N) is 3. The third-order valence-corrected chi connectivity index (χ3v) is 3.07. The van der Waals surface area contributed by atoms with Crippen LogP contribution in [0, 0.1) is 0 Å². The Bertz CT molecular complexity index is 550. The lowest BCUT2D eigenvalue weighted by Crippen LogP contribution is -2.16. The maximum atomic E-state index is 11.3. The van der Waals surface area contributed by atoms with Gasteiger partial charge in [0.05, 0.1) is 0 Å². The Morgan fingerprint density at radius 3 is 3.06 bits per heavy atom. The lowest BCUT2D eigenvalue weighted by Gasteiger charge is -2.01. The first-order chi connectivity index (χ1) is 7.70. The van der Waals surface area contributed by atoms with E-state index in [2.05, 4.69) is 15.2 Å². The lowest BCUT2D eigenvalue weighted by molar-refractivity contribution is 0.660. The van der Waals surface area contributed by atoms with E-state index in [4.69, 9.17) is 11.6 Å². The van der Waals surface area contributed by atoms with E-state index in [0.29, 0.717) is 21.9 Å². The first kappa shape index (κ1) is 11.2. The van der Waals surface area contributed by atoms with Gasteiger partial charge in [-0.15, -0.1) is 5.10 Å². The van der Waals surface area contributed by atoms with Crippen LogP contribution < -0.4 is 5.69 Å². The molecule has 2 aromatic heterocycles. The predicted molar refractivity (Wildman–Crippen MR) is 61.9 cm³/mol. The molecule has 2 aromatic rings. The molecular formula is C9H9ClN4OS. The van der Waals surface area contributed by atoms with Crippen molar-refractivity contribution in [2.75, 3.05) is 0 Å². The number of hydrogen-bond acceptors (Lipinski definition) is 4. The molecule has 0 aliphatic rings. The monoisotopic (exact) mass is 256 g/mol. The molecule has 0 radical (unpaired) electrons. The standard InChI is InChI=1S/C9H9ClN4OS/c1-2-14-8(15)12-13-9(14)16-7-5-3-4-6(10)11-7/h3-5H,2H2,1H3,(H,12,15). The molecule has 7 heteroatoms. The summed E-state index contributed by atoms with van der Waals surface area (Å²) in [6.07, 6.45) is 0. The van der Waals surface area contributed by atoms with Gasteiger partial charge in [-0.05, 0) is 30.8 Å². The highest BCUT2D eigenvalue weighted by molar-refractivity contribution is 7.99. The molecule has 0 saturated heterocycles. The molecule has 0 unspecified atom stereocenters. The second-order valence-corrected chi connectivity index (χ2v) is 4.33. The van der Waals surface area contributed by atoms with Crippen LogP contribution >= 0.6 is 23.4 Å². The zero-order chi connectivity index (χ0) is 11.5. The quantitative estimate of drug-likeness (QED) is 0.851. The van der Waals surface area contributed by atoms with Crippen LogP contribution in [0.5, 0.6) is 0 Å². The molecular weight excluding hydrogens is 248 g/mol. The number of aromatic amines is 1. The summed E-state index contributed by atoms with van der Waals surface area (Å²) < 4.78 is 1.53. The van der Waals surface area contributed by atoms with Gasteiger partial charge in [0.2, 0.25) is 0 Å². The number of nitrogens with one attached hydrogen (secondary N) is 1. The number of halogens is 1. The molecule has 0 amide bonds. The molecule has 0 aliphatic carbocycles. The minimum Gasteiger partial charge on any atom is -0.270 e. The van der Waals surface area contributed by atoms with Crippen LogP contribution in [0.4, 0.5) is 0 Å². The van der Waals surface area contributed by atoms with Gasteiger partial charge in [-0.1, -0.05) is 17.7 Å². The van der Waals surface area contributed by atoms with Crippen molar-refractivity contribution in [2.45, 2.75) is 23.7 Å². The number of pyridine rings is 1. The van der Waals surface area contributed by atoms with Crippen LogP contribution in [0.2, 0.25) is 5.15 Å². The lowest BCUT2D eigenvalue weighted by atomic mass is 10.5. The van der Waals surface area contributed by atoms with Crippen LogP contribution in [0.25, 0.3) is 0 Å². The largest absolute Gasteiger partial charge is 0.343 e. The topological polar surface area (TPSA) is 63.6 Å². The van der Waals surface area contributed by atoms with Crippen LogP contribution in [0.1, 0.15) is 6.92 Å². The average molecular weight is 257 g/mol. The molecule has 16 heavy (non-hydrogen) atoms. The second kappa shape index (κ2) is 4.71. The maximum absolute atomic E-state index is 11.3. The van der Waals surface area contributed by atoms with E-state index in [1.807, 2.05) is 13.0 Å². The van der Waals surface area contributed by atoms with Crippen LogP contribution in [0.3, 0.4) is 0 Å². The molecule has 0 aliphatic heterocycles. The molecule has 2 heterocycles. The third-order valence-electron chi connectivity index (χ3n) is 1.92. The first-order valence-corrected chi connectivity index (χ1v) is 5.85. The van der Waals surface area contributed by atoms with Crippen molar-refractivity contribution in [3.8, 4) is 0 Å². The van der Waals surface area contributed by atoms with Gasteiger partial charge in [-0.25, -0.2) is 14.9 Å². The van der Waals surface area contributed by atoms with E-state index in [9.17, 15) is 4.79 Å². The Kier molecular flexibility index (Phi) is 3.31. The van der Waals surface area contributed by atoms with E-state index < -0.39 is 0 Å². The number of H-pyrrole nitrogens is 1. The summed E-state index contributed by atoms with van der Waals surface area (Å²) in [5, 5.41) is 8.03. The summed E-state index contributed by atoms with van der Waals surface area (Å²) in [7, 11) is 0. The van der Waals surface area contributed by atoms with Crippen LogP contribution in [0.15, 0.2) is 33.2 Å². The zero-order valence-corrected chi connectivity index (χ0v) is 10.0. The predicted octanol–water partition coefficient (Wildman–Crippen LogP) is 1.79. The van der Waals surface area contributed by atoms with Gasteiger partial charge in [-0.2, -0.15) is 0 Å². The Morgan fingerprint density at radius 2 is 2.38 bits per heavy atom. The van der Waals surface area contributed by atoms with Crippen molar-refractivity contribution in [3.05, 3.63) is 33.8 Å². The number of rotatable bonds is 3. The molecule has 0 saturated carbocycles. The normalized spacial score (nSPS) is 10.6. The maximum Gasteiger partial charge on any atom is 0.343 e. The summed E-state index contributed by atoms with van der Waals surface area (Å²) in [6, 6.07) is 5.32. The van der Waals surface area contributed by atoms with Gasteiger partial charge >= 0.3 is 5.69 Å². The van der Waals surface area contributed by atoms with E-state index in [1.54, 1.807) is 12.1 Å². The molecule has 0 fully saturated rings. The fourth-order valence-electron chi connectivity index (χ4n) is 1.20. The first-order valence-electron chi connectivity index (χ1n) is 4.66. The summed E-state index contributed by atoms with van der Waals surface area (Å²) in [5.74, 6) is 0. The number of aromatic nitrogens is 4. The summed E-state index contributed by atoms with van der Waals surface area (Å²) >= 11 is 7.07. The molecule has 0 bridgehead atoms. The van der Waals surface area contributed by atoms with E-state index in [-0.39, 0.29) is 5.69 Å². The van der Waals surface area contributed by atoms with E-state index in [0.717, 1.165) is 0 Å². The van der Waals surface area contributed by atoms with E-state index >= 15 is 0 Å². The van der Waals surface area contributed by atoms with Crippen LogP contribution in [-0.2, 0) is 6.54 Å². The SMILES string of the molecule is CCn1c(Sc2cccc(Cl)n2)n[nH]c1=O. The van der Waals surface area contributed by atoms with Crippen molar-refractivity contribution in [1.29, 1.82) is 0 Å². The smallest absolute Gasteiger partial charge is 0.270 e. The van der Waals surface area contributed by atoms with Crippen LogP contribution in [-0.4, -0.2) is 19.7 Å². The van der Waals surface area contributed by atoms with Gasteiger partial charge < -0.3 is 0 Å². The molecule has 0 atom stereocenters. The second-order valence-electron chi connectivity index (χ2n) is 2.96. The Morgan fingerprint density at radius 1 is 1.56 bits per heavy atom.